The van der Waals surface area contributed by atoms with Crippen molar-refractivity contribution in [3.05, 3.63) is 83.4 Å². The van der Waals surface area contributed by atoms with Crippen LogP contribution in [0.3, 0.4) is 0 Å². The Bertz CT molecular complexity index is 1110. The molecule has 160 valence electrons. The molecular weight excluding hydrogens is 392 g/mol. The largest absolute Gasteiger partial charge is 0.508 e. The number of hydrogen-bond acceptors (Lipinski definition) is 5. The van der Waals surface area contributed by atoms with Gasteiger partial charge in [-0.05, 0) is 35.6 Å². The zero-order valence-corrected chi connectivity index (χ0v) is 17.8. The molecule has 5 heteroatoms. The number of ether oxygens (including phenoxy) is 3. The van der Waals surface area contributed by atoms with E-state index in [0.717, 1.165) is 23.3 Å². The van der Waals surface area contributed by atoms with Crippen molar-refractivity contribution in [3.63, 3.8) is 0 Å². The average molecular weight is 418 g/mol. The van der Waals surface area contributed by atoms with E-state index in [1.54, 1.807) is 20.3 Å². The summed E-state index contributed by atoms with van der Waals surface area (Å²) in [5.74, 6) is 1.40. The van der Waals surface area contributed by atoms with E-state index in [4.69, 9.17) is 14.2 Å². The number of fused-ring (bicyclic) bond motifs is 3. The third-order valence-corrected chi connectivity index (χ3v) is 7.00. The van der Waals surface area contributed by atoms with Crippen molar-refractivity contribution in [3.8, 4) is 23.0 Å². The molecule has 5 nitrogen and oxygen atoms in total. The van der Waals surface area contributed by atoms with Gasteiger partial charge in [-0.25, -0.2) is 0 Å². The van der Waals surface area contributed by atoms with Gasteiger partial charge in [0, 0.05) is 18.1 Å². The summed E-state index contributed by atoms with van der Waals surface area (Å²) in [5, 5.41) is 22.8. The molecule has 1 aliphatic carbocycles. The van der Waals surface area contributed by atoms with Gasteiger partial charge in [-0.15, -0.1) is 0 Å². The van der Waals surface area contributed by atoms with E-state index in [1.807, 2.05) is 49.4 Å². The molecule has 4 atom stereocenters. The molecule has 3 aromatic carbocycles. The predicted molar refractivity (Wildman–Crippen MR) is 117 cm³/mol. The molecule has 1 aliphatic heterocycles. The number of methoxy groups -OCH3 is 2. The number of phenols is 1. The molecule has 31 heavy (non-hydrogen) atoms. The van der Waals surface area contributed by atoms with Crippen LogP contribution in [-0.4, -0.2) is 24.4 Å². The molecule has 2 N–H and O–H groups in total. The lowest BCUT2D eigenvalue weighted by molar-refractivity contribution is -0.125. The van der Waals surface area contributed by atoms with Gasteiger partial charge in [0.05, 0.1) is 19.8 Å². The van der Waals surface area contributed by atoms with Gasteiger partial charge in [-0.1, -0.05) is 49.4 Å². The smallest absolute Gasteiger partial charge is 0.174 e. The average Bonchev–Trinajstić information content (AvgIpc) is 3.19. The number of aliphatic hydroxyl groups is 1. The van der Waals surface area contributed by atoms with Crippen LogP contribution in [0.4, 0.5) is 0 Å². The summed E-state index contributed by atoms with van der Waals surface area (Å²) in [6.45, 7) is 2.05. The maximum atomic E-state index is 12.5. The molecule has 0 amide bonds. The van der Waals surface area contributed by atoms with Crippen LogP contribution in [0, 0.1) is 5.92 Å². The van der Waals surface area contributed by atoms with E-state index in [2.05, 4.69) is 12.1 Å². The van der Waals surface area contributed by atoms with Crippen LogP contribution in [0.15, 0.2) is 66.7 Å². The highest BCUT2D eigenvalue weighted by atomic mass is 16.5. The van der Waals surface area contributed by atoms with Crippen molar-refractivity contribution in [2.75, 3.05) is 14.2 Å². The first-order valence-electron chi connectivity index (χ1n) is 10.5. The maximum Gasteiger partial charge on any atom is 0.174 e. The zero-order chi connectivity index (χ0) is 21.8. The van der Waals surface area contributed by atoms with Gasteiger partial charge in [-0.3, -0.25) is 0 Å². The number of phenolic OH excluding ortho intramolecular Hbond substituents is 1. The molecule has 0 saturated heterocycles. The molecule has 0 bridgehead atoms. The van der Waals surface area contributed by atoms with E-state index >= 15 is 0 Å². The molecule has 0 radical (unpaired) electrons. The molecule has 3 aromatic rings. The van der Waals surface area contributed by atoms with Crippen LogP contribution in [0.25, 0.3) is 0 Å². The molecule has 2 aliphatic rings. The monoisotopic (exact) mass is 418 g/mol. The first-order valence-corrected chi connectivity index (χ1v) is 10.5. The Kier molecular flexibility index (Phi) is 4.41. The van der Waals surface area contributed by atoms with Gasteiger partial charge >= 0.3 is 0 Å². The lowest BCUT2D eigenvalue weighted by Crippen LogP contribution is -2.50. The zero-order valence-electron chi connectivity index (χ0n) is 17.8. The van der Waals surface area contributed by atoms with Crippen molar-refractivity contribution >= 4 is 0 Å². The van der Waals surface area contributed by atoms with Gasteiger partial charge in [0.15, 0.2) is 5.60 Å². The quantitative estimate of drug-likeness (QED) is 0.642. The fraction of sp³-hybridized carbons (Fsp3) is 0.308. The van der Waals surface area contributed by atoms with E-state index in [9.17, 15) is 10.2 Å². The molecule has 5 rings (SSSR count). The molecular formula is C26H26O5. The van der Waals surface area contributed by atoms with E-state index in [1.165, 1.54) is 6.07 Å². The van der Waals surface area contributed by atoms with Crippen molar-refractivity contribution < 1.29 is 24.4 Å². The Hall–Kier alpha value is -3.18. The first kappa shape index (κ1) is 19.8. The fourth-order valence-electron chi connectivity index (χ4n) is 5.64. The predicted octanol–water partition coefficient (Wildman–Crippen LogP) is 4.71. The lowest BCUT2D eigenvalue weighted by Gasteiger charge is -2.41. The summed E-state index contributed by atoms with van der Waals surface area (Å²) in [6.07, 6.45) is 0.732. The van der Waals surface area contributed by atoms with Crippen LogP contribution in [-0.2, 0) is 11.2 Å². The van der Waals surface area contributed by atoms with Crippen LogP contribution in [0.2, 0.25) is 0 Å². The molecule has 1 fully saturated rings. The van der Waals surface area contributed by atoms with Crippen molar-refractivity contribution in [2.24, 2.45) is 5.92 Å². The van der Waals surface area contributed by atoms with Gasteiger partial charge in [0.1, 0.15) is 28.6 Å². The van der Waals surface area contributed by atoms with Gasteiger partial charge in [-0.2, -0.15) is 0 Å². The molecule has 0 aromatic heterocycles. The SMILES string of the molecule is COc1ccc([C@@]23Oc4cc(O)cc(OC)c4[C@]2(O)[C@H](C)C[C@H]3c2ccccc2)cc1. The minimum atomic E-state index is -1.35. The highest BCUT2D eigenvalue weighted by molar-refractivity contribution is 5.61. The molecule has 1 saturated carbocycles. The third-order valence-electron chi connectivity index (χ3n) is 7.00. The second-order valence-electron chi connectivity index (χ2n) is 8.45. The summed E-state index contributed by atoms with van der Waals surface area (Å²) in [6, 6.07) is 20.9. The minimum Gasteiger partial charge on any atom is -0.508 e. The van der Waals surface area contributed by atoms with E-state index < -0.39 is 11.2 Å². The highest BCUT2D eigenvalue weighted by Gasteiger charge is 2.72. The summed E-state index contributed by atoms with van der Waals surface area (Å²) in [7, 11) is 3.17. The van der Waals surface area contributed by atoms with Gasteiger partial charge < -0.3 is 24.4 Å². The fourth-order valence-corrected chi connectivity index (χ4v) is 5.64. The topological polar surface area (TPSA) is 68.2 Å². The van der Waals surface area contributed by atoms with Crippen molar-refractivity contribution in [1.82, 2.24) is 0 Å². The molecule has 1 heterocycles. The van der Waals surface area contributed by atoms with Gasteiger partial charge in [0.25, 0.3) is 0 Å². The Morgan fingerprint density at radius 3 is 2.32 bits per heavy atom. The Morgan fingerprint density at radius 2 is 1.68 bits per heavy atom. The number of aromatic hydroxyl groups is 1. The van der Waals surface area contributed by atoms with Crippen molar-refractivity contribution in [2.45, 2.75) is 30.5 Å². The second kappa shape index (κ2) is 6.92. The minimum absolute atomic E-state index is 0.0352. The van der Waals surface area contributed by atoms with Gasteiger partial charge in [0.2, 0.25) is 0 Å². The van der Waals surface area contributed by atoms with Crippen LogP contribution >= 0.6 is 0 Å². The summed E-state index contributed by atoms with van der Waals surface area (Å²) < 4.78 is 17.7. The number of rotatable bonds is 4. The number of hydrogen-bond donors (Lipinski definition) is 2. The van der Waals surface area contributed by atoms with Crippen LogP contribution < -0.4 is 14.2 Å². The van der Waals surface area contributed by atoms with Crippen molar-refractivity contribution in [1.29, 1.82) is 0 Å². The second-order valence-corrected chi connectivity index (χ2v) is 8.45. The Balaban J connectivity index is 1.81. The maximum absolute atomic E-state index is 12.5. The number of benzene rings is 3. The first-order chi connectivity index (χ1) is 15.0. The molecule has 0 unspecified atom stereocenters. The third kappa shape index (κ3) is 2.53. The normalized spacial score (nSPS) is 28.5. The summed E-state index contributed by atoms with van der Waals surface area (Å²) >= 11 is 0. The lowest BCUT2D eigenvalue weighted by atomic mass is 9.70. The van der Waals surface area contributed by atoms with E-state index in [-0.39, 0.29) is 17.6 Å². The van der Waals surface area contributed by atoms with Crippen LogP contribution in [0.5, 0.6) is 23.0 Å². The highest BCUT2D eigenvalue weighted by Crippen LogP contribution is 2.70. The van der Waals surface area contributed by atoms with Crippen LogP contribution in [0.1, 0.15) is 36.0 Å². The summed E-state index contributed by atoms with van der Waals surface area (Å²) in [4.78, 5) is 0. The summed E-state index contributed by atoms with van der Waals surface area (Å²) in [5.41, 5.74) is 0.110. The Labute approximate surface area is 181 Å². The molecule has 0 spiro atoms. The standard InChI is InChI=1S/C26H26O5/c1-16-13-21(17-7-5-4-6-8-17)26(18-9-11-20(29-2)12-10-18)25(16,28)24-22(30-3)14-19(27)15-23(24)31-26/h4-12,14-16,21,27-28H,13H2,1-3H3/t16-,21+,25-,26+/m1/s1. The Morgan fingerprint density at radius 1 is 0.968 bits per heavy atom. The van der Waals surface area contributed by atoms with E-state index in [0.29, 0.717) is 17.1 Å².